The van der Waals surface area contributed by atoms with E-state index in [1.807, 2.05) is 0 Å². The largest absolute Gasteiger partial charge is 0.454 e. The molecule has 0 saturated heterocycles. The minimum Gasteiger partial charge on any atom is -0.454 e. The first-order valence-corrected chi connectivity index (χ1v) is 8.72. The number of anilines is 1. The molecule has 1 aliphatic heterocycles. The highest BCUT2D eigenvalue weighted by Crippen LogP contribution is 2.40. The Morgan fingerprint density at radius 2 is 2.04 bits per heavy atom. The maximum Gasteiger partial charge on any atom is 0.331 e. The van der Waals surface area contributed by atoms with Gasteiger partial charge in [-0.1, -0.05) is 29.3 Å². The number of hydrogen-bond donors (Lipinski definition) is 1. The molecule has 1 aliphatic rings. The van der Waals surface area contributed by atoms with Crippen molar-refractivity contribution < 1.29 is 23.8 Å². The Hall–Kier alpha value is -2.70. The molecule has 6 nitrogen and oxygen atoms in total. The summed E-state index contributed by atoms with van der Waals surface area (Å²) in [6.45, 7) is 1.58. The van der Waals surface area contributed by atoms with E-state index in [9.17, 15) is 9.59 Å². The number of amides is 1. The topological polar surface area (TPSA) is 73.9 Å². The second kappa shape index (κ2) is 8.33. The molecule has 0 radical (unpaired) electrons. The van der Waals surface area contributed by atoms with Crippen LogP contribution in [-0.4, -0.2) is 24.8 Å². The molecule has 2 aromatic rings. The molecular weight excluding hydrogens is 393 g/mol. The van der Waals surface area contributed by atoms with E-state index in [0.717, 1.165) is 0 Å². The Kier molecular flexibility index (Phi) is 5.88. The summed E-state index contributed by atoms with van der Waals surface area (Å²) in [6.07, 6.45) is 1.73. The lowest BCUT2D eigenvalue weighted by molar-refractivity contribution is -0.148. The van der Waals surface area contributed by atoms with Crippen LogP contribution in [0.5, 0.6) is 11.5 Å². The van der Waals surface area contributed by atoms with Crippen molar-refractivity contribution in [1.82, 2.24) is 0 Å². The van der Waals surface area contributed by atoms with Gasteiger partial charge in [0.15, 0.2) is 17.6 Å². The van der Waals surface area contributed by atoms with Crippen molar-refractivity contribution in [2.24, 2.45) is 0 Å². The van der Waals surface area contributed by atoms with E-state index in [4.69, 9.17) is 37.4 Å². The smallest absolute Gasteiger partial charge is 0.331 e. The zero-order chi connectivity index (χ0) is 19.4. The van der Waals surface area contributed by atoms with Crippen molar-refractivity contribution in [2.45, 2.75) is 13.0 Å². The van der Waals surface area contributed by atoms with Gasteiger partial charge in [0.1, 0.15) is 0 Å². The first kappa shape index (κ1) is 19.1. The summed E-state index contributed by atoms with van der Waals surface area (Å²) < 4.78 is 15.6. The third-order valence-corrected chi connectivity index (χ3v) is 4.13. The molecular formula is C19H15Cl2NO5. The zero-order valence-electron chi connectivity index (χ0n) is 14.2. The van der Waals surface area contributed by atoms with Gasteiger partial charge in [-0.2, -0.15) is 0 Å². The van der Waals surface area contributed by atoms with Gasteiger partial charge in [0.2, 0.25) is 6.79 Å². The lowest BCUT2D eigenvalue weighted by atomic mass is 10.2. The SMILES string of the molecule is C[C@@H](OC(=O)/C=C/c1cc(Cl)c2c(c1)OCO2)C(=O)Nc1cccc(Cl)c1. The number of carbonyl (C=O) groups excluding carboxylic acids is 2. The van der Waals surface area contributed by atoms with Crippen LogP contribution in [0.25, 0.3) is 6.08 Å². The Labute approximate surface area is 165 Å². The molecule has 3 rings (SSSR count). The average Bonchev–Trinajstić information content (AvgIpc) is 3.09. The highest BCUT2D eigenvalue weighted by molar-refractivity contribution is 6.32. The van der Waals surface area contributed by atoms with Crippen LogP contribution in [0.1, 0.15) is 12.5 Å². The molecule has 0 bridgehead atoms. The van der Waals surface area contributed by atoms with Crippen LogP contribution in [0.15, 0.2) is 42.5 Å². The highest BCUT2D eigenvalue weighted by Gasteiger charge is 2.19. The van der Waals surface area contributed by atoms with Gasteiger partial charge in [-0.05, 0) is 48.9 Å². The van der Waals surface area contributed by atoms with Gasteiger partial charge in [0.25, 0.3) is 5.91 Å². The van der Waals surface area contributed by atoms with Gasteiger partial charge in [0, 0.05) is 16.8 Å². The van der Waals surface area contributed by atoms with Crippen LogP contribution in [0, 0.1) is 0 Å². The standard InChI is InChI=1S/C19H15Cl2NO5/c1-11(19(24)22-14-4-2-3-13(20)9-14)27-17(23)6-5-12-7-15(21)18-16(8-12)25-10-26-18/h2-9,11H,10H2,1H3,(H,22,24)/b6-5+/t11-/m1/s1. The van der Waals surface area contributed by atoms with Crippen molar-refractivity contribution in [1.29, 1.82) is 0 Å². The number of carbonyl (C=O) groups is 2. The molecule has 0 aromatic heterocycles. The summed E-state index contributed by atoms with van der Waals surface area (Å²) in [5.41, 5.74) is 1.15. The molecule has 0 saturated carbocycles. The van der Waals surface area contributed by atoms with E-state index >= 15 is 0 Å². The van der Waals surface area contributed by atoms with Crippen LogP contribution in [0.2, 0.25) is 10.0 Å². The van der Waals surface area contributed by atoms with Crippen molar-refractivity contribution in [3.8, 4) is 11.5 Å². The normalized spacial score (nSPS) is 13.4. The van der Waals surface area contributed by atoms with Crippen LogP contribution < -0.4 is 14.8 Å². The number of esters is 1. The van der Waals surface area contributed by atoms with Gasteiger partial charge in [-0.25, -0.2) is 4.79 Å². The van der Waals surface area contributed by atoms with Crippen molar-refractivity contribution in [3.05, 3.63) is 58.1 Å². The van der Waals surface area contributed by atoms with E-state index < -0.39 is 18.0 Å². The number of nitrogens with one attached hydrogen (secondary N) is 1. The molecule has 2 aromatic carbocycles. The summed E-state index contributed by atoms with van der Waals surface area (Å²) in [6, 6.07) is 9.99. The molecule has 0 spiro atoms. The quantitative estimate of drug-likeness (QED) is 0.590. The summed E-state index contributed by atoms with van der Waals surface area (Å²) in [5, 5.41) is 3.50. The predicted molar refractivity (Wildman–Crippen MR) is 102 cm³/mol. The first-order chi connectivity index (χ1) is 12.9. The maximum atomic E-state index is 12.1. The van der Waals surface area contributed by atoms with E-state index in [2.05, 4.69) is 5.32 Å². The molecule has 0 aliphatic carbocycles. The first-order valence-electron chi connectivity index (χ1n) is 7.96. The Balaban J connectivity index is 1.57. The van der Waals surface area contributed by atoms with Gasteiger partial charge in [-0.3, -0.25) is 4.79 Å². The molecule has 1 N–H and O–H groups in total. The lowest BCUT2D eigenvalue weighted by Gasteiger charge is -2.12. The molecule has 0 fully saturated rings. The van der Waals surface area contributed by atoms with Crippen molar-refractivity contribution in [2.75, 3.05) is 12.1 Å². The maximum absolute atomic E-state index is 12.1. The van der Waals surface area contributed by atoms with Crippen LogP contribution in [-0.2, 0) is 14.3 Å². The molecule has 1 heterocycles. The average molecular weight is 408 g/mol. The van der Waals surface area contributed by atoms with Gasteiger partial charge < -0.3 is 19.5 Å². The number of fused-ring (bicyclic) bond motifs is 1. The summed E-state index contributed by atoms with van der Waals surface area (Å²) in [5.74, 6) is -0.157. The Morgan fingerprint density at radius 1 is 1.22 bits per heavy atom. The van der Waals surface area contributed by atoms with Gasteiger partial charge in [0.05, 0.1) is 5.02 Å². The molecule has 1 atom stereocenters. The van der Waals surface area contributed by atoms with E-state index in [1.165, 1.54) is 19.1 Å². The second-order valence-electron chi connectivity index (χ2n) is 5.65. The molecule has 0 unspecified atom stereocenters. The van der Waals surface area contributed by atoms with Crippen LogP contribution >= 0.6 is 23.2 Å². The van der Waals surface area contributed by atoms with Crippen molar-refractivity contribution >= 4 is 46.8 Å². The van der Waals surface area contributed by atoms with E-state index in [-0.39, 0.29) is 6.79 Å². The fraction of sp³-hybridized carbons (Fsp3) is 0.158. The predicted octanol–water partition coefficient (Wildman–Crippen LogP) is 4.31. The van der Waals surface area contributed by atoms with Crippen molar-refractivity contribution in [3.63, 3.8) is 0 Å². The zero-order valence-corrected chi connectivity index (χ0v) is 15.7. The molecule has 27 heavy (non-hydrogen) atoms. The Bertz CT molecular complexity index is 913. The molecule has 8 heteroatoms. The second-order valence-corrected chi connectivity index (χ2v) is 6.49. The van der Waals surface area contributed by atoms with E-state index in [1.54, 1.807) is 36.4 Å². The van der Waals surface area contributed by atoms with Crippen LogP contribution in [0.3, 0.4) is 0 Å². The van der Waals surface area contributed by atoms with Gasteiger partial charge >= 0.3 is 5.97 Å². The minimum absolute atomic E-state index is 0.101. The minimum atomic E-state index is -0.985. The number of rotatable bonds is 5. The monoisotopic (exact) mass is 407 g/mol. The van der Waals surface area contributed by atoms with Gasteiger partial charge in [-0.15, -0.1) is 0 Å². The summed E-state index contributed by atoms with van der Waals surface area (Å²) >= 11 is 12.0. The van der Waals surface area contributed by atoms with E-state index in [0.29, 0.717) is 32.8 Å². The summed E-state index contributed by atoms with van der Waals surface area (Å²) in [4.78, 5) is 24.1. The third-order valence-electron chi connectivity index (χ3n) is 3.62. The molecule has 140 valence electrons. The highest BCUT2D eigenvalue weighted by atomic mass is 35.5. The molecule has 1 amide bonds. The van der Waals surface area contributed by atoms with Crippen LogP contribution in [0.4, 0.5) is 5.69 Å². The fourth-order valence-corrected chi connectivity index (χ4v) is 2.79. The number of benzene rings is 2. The lowest BCUT2D eigenvalue weighted by Crippen LogP contribution is -2.29. The fourth-order valence-electron chi connectivity index (χ4n) is 2.32. The third kappa shape index (κ3) is 4.93. The number of ether oxygens (including phenoxy) is 3. The number of halogens is 2. The Morgan fingerprint density at radius 3 is 2.81 bits per heavy atom. The number of hydrogen-bond acceptors (Lipinski definition) is 5. The summed E-state index contributed by atoms with van der Waals surface area (Å²) in [7, 11) is 0.